The van der Waals surface area contributed by atoms with E-state index in [0.29, 0.717) is 17.9 Å². The second kappa shape index (κ2) is 4.57. The van der Waals surface area contributed by atoms with Crippen LogP contribution in [0.25, 0.3) is 0 Å². The van der Waals surface area contributed by atoms with E-state index in [4.69, 9.17) is 5.84 Å². The van der Waals surface area contributed by atoms with E-state index in [1.165, 1.54) is 0 Å². The Morgan fingerprint density at radius 2 is 2.29 bits per heavy atom. The monoisotopic (exact) mass is 194 g/mol. The fourth-order valence-corrected chi connectivity index (χ4v) is 1.14. The lowest BCUT2D eigenvalue weighted by molar-refractivity contribution is 0.0955. The Morgan fingerprint density at radius 1 is 1.57 bits per heavy atom. The summed E-state index contributed by atoms with van der Waals surface area (Å²) in [6, 6.07) is 3.32. The minimum absolute atomic E-state index is 0.116. The van der Waals surface area contributed by atoms with Crippen molar-refractivity contribution < 1.29 is 4.79 Å². The number of nitrogens with two attached hydrogens (primary N) is 1. The van der Waals surface area contributed by atoms with Crippen LogP contribution in [0.2, 0.25) is 0 Å². The Morgan fingerprint density at radius 3 is 2.86 bits per heavy atom. The van der Waals surface area contributed by atoms with Crippen molar-refractivity contribution in [2.24, 2.45) is 5.84 Å². The second-order valence-corrected chi connectivity index (χ2v) is 2.89. The number of aryl methyl sites for hydroxylation is 1. The molecular formula is C9H14N4O. The fraction of sp³-hybridized carbons (Fsp3) is 0.333. The molecule has 5 heteroatoms. The summed E-state index contributed by atoms with van der Waals surface area (Å²) in [7, 11) is 0. The highest BCUT2D eigenvalue weighted by Gasteiger charge is 2.06. The van der Waals surface area contributed by atoms with Crippen LogP contribution in [0.3, 0.4) is 0 Å². The van der Waals surface area contributed by atoms with Crippen LogP contribution >= 0.6 is 0 Å². The predicted molar refractivity (Wildman–Crippen MR) is 54.8 cm³/mol. The number of hydrazine groups is 1. The molecule has 0 fully saturated rings. The van der Waals surface area contributed by atoms with Gasteiger partial charge in [0.2, 0.25) is 0 Å². The number of hydrogen-bond donors (Lipinski definition) is 3. The Bertz CT molecular complexity index is 338. The van der Waals surface area contributed by atoms with Gasteiger partial charge in [-0.3, -0.25) is 4.79 Å². The molecule has 0 aliphatic rings. The Labute approximate surface area is 82.7 Å². The van der Waals surface area contributed by atoms with Gasteiger partial charge in [-0.15, -0.1) is 0 Å². The number of carbonyl (C=O) groups is 1. The molecule has 5 nitrogen and oxygen atoms in total. The van der Waals surface area contributed by atoms with Crippen molar-refractivity contribution in [2.75, 3.05) is 12.0 Å². The topological polar surface area (TPSA) is 80.0 Å². The number of hydrogen-bond acceptors (Lipinski definition) is 4. The summed E-state index contributed by atoms with van der Waals surface area (Å²) in [5.41, 5.74) is 3.73. The quantitative estimate of drug-likeness (QED) is 0.481. The van der Waals surface area contributed by atoms with E-state index in [2.05, 4.69) is 15.7 Å². The minimum Gasteiger partial charge on any atom is -0.352 e. The molecule has 76 valence electrons. The maximum Gasteiger partial charge on any atom is 0.251 e. The predicted octanol–water partition coefficient (Wildman–Crippen LogP) is 0.425. The van der Waals surface area contributed by atoms with Crippen LogP contribution < -0.4 is 16.6 Å². The van der Waals surface area contributed by atoms with Gasteiger partial charge in [0, 0.05) is 17.8 Å². The Hall–Kier alpha value is -1.62. The van der Waals surface area contributed by atoms with Crippen molar-refractivity contribution >= 4 is 11.7 Å². The van der Waals surface area contributed by atoms with Gasteiger partial charge in [0.05, 0.1) is 0 Å². The maximum absolute atomic E-state index is 11.5. The summed E-state index contributed by atoms with van der Waals surface area (Å²) in [4.78, 5) is 15.5. The first-order valence-corrected chi connectivity index (χ1v) is 4.41. The number of nitrogen functional groups attached to an aromatic ring is 1. The zero-order chi connectivity index (χ0) is 10.6. The third kappa shape index (κ3) is 2.43. The molecule has 0 saturated heterocycles. The molecule has 1 heterocycles. The van der Waals surface area contributed by atoms with Crippen molar-refractivity contribution in [1.29, 1.82) is 0 Å². The van der Waals surface area contributed by atoms with Crippen molar-refractivity contribution in [3.05, 3.63) is 23.4 Å². The molecule has 14 heavy (non-hydrogen) atoms. The number of anilines is 1. The molecular weight excluding hydrogens is 180 g/mol. The summed E-state index contributed by atoms with van der Waals surface area (Å²) in [5.74, 6) is 5.59. The minimum atomic E-state index is -0.116. The van der Waals surface area contributed by atoms with E-state index in [1.54, 1.807) is 12.1 Å². The summed E-state index contributed by atoms with van der Waals surface area (Å²) in [6.07, 6.45) is 0. The molecule has 0 aliphatic carbocycles. The summed E-state index contributed by atoms with van der Waals surface area (Å²) in [5, 5.41) is 2.71. The molecule has 1 rings (SSSR count). The molecule has 0 saturated carbocycles. The van der Waals surface area contributed by atoms with Crippen LogP contribution in [0.15, 0.2) is 12.1 Å². The van der Waals surface area contributed by atoms with Gasteiger partial charge < -0.3 is 10.7 Å². The first-order valence-electron chi connectivity index (χ1n) is 4.41. The average Bonchev–Trinajstić information content (AvgIpc) is 2.17. The van der Waals surface area contributed by atoms with Crippen molar-refractivity contribution in [2.45, 2.75) is 13.8 Å². The first-order chi connectivity index (χ1) is 6.67. The van der Waals surface area contributed by atoms with Crippen LogP contribution in [-0.2, 0) is 0 Å². The zero-order valence-corrected chi connectivity index (χ0v) is 8.29. The molecule has 0 aliphatic heterocycles. The lowest BCUT2D eigenvalue weighted by Crippen LogP contribution is -2.23. The van der Waals surface area contributed by atoms with Crippen LogP contribution in [0.5, 0.6) is 0 Å². The SMILES string of the molecule is CCNC(=O)c1cc(C)nc(NN)c1. The third-order valence-electron chi connectivity index (χ3n) is 1.70. The van der Waals surface area contributed by atoms with E-state index in [1.807, 2.05) is 13.8 Å². The van der Waals surface area contributed by atoms with Crippen LogP contribution in [-0.4, -0.2) is 17.4 Å². The lowest BCUT2D eigenvalue weighted by atomic mass is 10.2. The maximum atomic E-state index is 11.5. The number of amides is 1. The van der Waals surface area contributed by atoms with Crippen molar-refractivity contribution in [1.82, 2.24) is 10.3 Å². The van der Waals surface area contributed by atoms with E-state index >= 15 is 0 Å². The highest BCUT2D eigenvalue weighted by molar-refractivity contribution is 5.94. The van der Waals surface area contributed by atoms with Gasteiger partial charge in [-0.25, -0.2) is 10.8 Å². The van der Waals surface area contributed by atoms with Gasteiger partial charge in [-0.2, -0.15) is 0 Å². The highest BCUT2D eigenvalue weighted by atomic mass is 16.1. The summed E-state index contributed by atoms with van der Waals surface area (Å²) < 4.78 is 0. The number of aromatic nitrogens is 1. The molecule has 0 radical (unpaired) electrons. The van der Waals surface area contributed by atoms with Crippen LogP contribution in [0, 0.1) is 6.92 Å². The van der Waals surface area contributed by atoms with Crippen LogP contribution in [0.4, 0.5) is 5.82 Å². The zero-order valence-electron chi connectivity index (χ0n) is 8.29. The standard InChI is InChI=1S/C9H14N4O/c1-3-11-9(14)7-4-6(2)12-8(5-7)13-10/h4-5H,3,10H2,1-2H3,(H,11,14)(H,12,13). The normalized spacial score (nSPS) is 9.64. The number of nitrogens with zero attached hydrogens (tertiary/aromatic N) is 1. The van der Waals surface area contributed by atoms with Gasteiger partial charge in [-0.1, -0.05) is 0 Å². The van der Waals surface area contributed by atoms with E-state index in [0.717, 1.165) is 5.69 Å². The number of rotatable bonds is 3. The van der Waals surface area contributed by atoms with E-state index < -0.39 is 0 Å². The van der Waals surface area contributed by atoms with E-state index in [-0.39, 0.29) is 5.91 Å². The van der Waals surface area contributed by atoms with Gasteiger partial charge in [-0.05, 0) is 26.0 Å². The molecule has 0 spiro atoms. The number of pyridine rings is 1. The second-order valence-electron chi connectivity index (χ2n) is 2.89. The summed E-state index contributed by atoms with van der Waals surface area (Å²) in [6.45, 7) is 4.28. The van der Waals surface area contributed by atoms with E-state index in [9.17, 15) is 4.79 Å². The number of carbonyl (C=O) groups excluding carboxylic acids is 1. The highest BCUT2D eigenvalue weighted by Crippen LogP contribution is 2.08. The molecule has 1 aromatic heterocycles. The Balaban J connectivity index is 2.96. The molecule has 0 unspecified atom stereocenters. The van der Waals surface area contributed by atoms with Gasteiger partial charge >= 0.3 is 0 Å². The molecule has 1 amide bonds. The molecule has 0 bridgehead atoms. The molecule has 4 N–H and O–H groups in total. The van der Waals surface area contributed by atoms with Gasteiger partial charge in [0.25, 0.3) is 5.91 Å². The Kier molecular flexibility index (Phi) is 3.41. The van der Waals surface area contributed by atoms with Gasteiger partial charge in [0.1, 0.15) is 5.82 Å². The van der Waals surface area contributed by atoms with Crippen molar-refractivity contribution in [3.63, 3.8) is 0 Å². The number of nitrogens with one attached hydrogen (secondary N) is 2. The smallest absolute Gasteiger partial charge is 0.251 e. The van der Waals surface area contributed by atoms with Crippen molar-refractivity contribution in [3.8, 4) is 0 Å². The molecule has 0 atom stereocenters. The summed E-state index contributed by atoms with van der Waals surface area (Å²) >= 11 is 0. The van der Waals surface area contributed by atoms with Crippen LogP contribution in [0.1, 0.15) is 23.0 Å². The third-order valence-corrected chi connectivity index (χ3v) is 1.70. The lowest BCUT2D eigenvalue weighted by Gasteiger charge is -2.05. The van der Waals surface area contributed by atoms with Gasteiger partial charge in [0.15, 0.2) is 0 Å². The fourth-order valence-electron chi connectivity index (χ4n) is 1.14. The molecule has 0 aromatic carbocycles. The average molecular weight is 194 g/mol. The molecule has 1 aromatic rings. The largest absolute Gasteiger partial charge is 0.352 e. The first kappa shape index (κ1) is 10.5.